The van der Waals surface area contributed by atoms with Crippen molar-refractivity contribution < 1.29 is 4.74 Å². The number of rotatable bonds is 3. The van der Waals surface area contributed by atoms with Crippen molar-refractivity contribution in [3.8, 4) is 0 Å². The zero-order chi connectivity index (χ0) is 14.5. The molecule has 114 valence electrons. The van der Waals surface area contributed by atoms with Gasteiger partial charge in [0, 0.05) is 30.7 Å². The fourth-order valence-corrected chi connectivity index (χ4v) is 4.43. The predicted octanol–water partition coefficient (Wildman–Crippen LogP) is 4.30. The number of thioether (sulfide) groups is 1. The minimum atomic E-state index is 0.486. The van der Waals surface area contributed by atoms with Gasteiger partial charge in [-0.2, -0.15) is 0 Å². The Bertz CT molecular complexity index is 509. The second-order valence-electron chi connectivity index (χ2n) is 6.19. The molecule has 3 nitrogen and oxygen atoms in total. The average Bonchev–Trinajstić information content (AvgIpc) is 2.53. The molecule has 1 aliphatic carbocycles. The van der Waals surface area contributed by atoms with E-state index < -0.39 is 0 Å². The lowest BCUT2D eigenvalue weighted by atomic mass is 9.75. The summed E-state index contributed by atoms with van der Waals surface area (Å²) in [5, 5.41) is 4.55. The monoisotopic (exact) mass is 304 g/mol. The van der Waals surface area contributed by atoms with Crippen molar-refractivity contribution in [1.82, 2.24) is 0 Å². The molecule has 0 radical (unpaired) electrons. The number of para-hydroxylation sites is 1. The van der Waals surface area contributed by atoms with Crippen molar-refractivity contribution in [2.24, 2.45) is 10.4 Å². The maximum atomic E-state index is 5.26. The fourth-order valence-electron chi connectivity index (χ4n) is 3.27. The van der Waals surface area contributed by atoms with Crippen molar-refractivity contribution in [2.45, 2.75) is 38.7 Å². The number of nitrogens with one attached hydrogen (secondary N) is 1. The van der Waals surface area contributed by atoms with Crippen LogP contribution in [0.5, 0.6) is 0 Å². The Hall–Kier alpha value is -1.000. The third-order valence-corrected chi connectivity index (χ3v) is 5.81. The first-order valence-corrected chi connectivity index (χ1v) is 8.81. The van der Waals surface area contributed by atoms with Crippen molar-refractivity contribution in [3.05, 3.63) is 29.8 Å². The van der Waals surface area contributed by atoms with Crippen LogP contribution in [0.2, 0.25) is 0 Å². The number of nitrogens with zero attached hydrogens (tertiary/aromatic N) is 1. The lowest BCUT2D eigenvalue weighted by molar-refractivity contribution is 0.185. The second-order valence-corrected chi connectivity index (χ2v) is 7.15. The number of amidine groups is 1. The van der Waals surface area contributed by atoms with Gasteiger partial charge in [0.15, 0.2) is 5.17 Å². The van der Waals surface area contributed by atoms with Crippen molar-refractivity contribution >= 4 is 22.6 Å². The highest BCUT2D eigenvalue weighted by molar-refractivity contribution is 8.14. The Kier molecular flexibility index (Phi) is 4.86. The Balaban J connectivity index is 1.66. The average molecular weight is 304 g/mol. The number of hydrogen-bond acceptors (Lipinski definition) is 4. The highest BCUT2D eigenvalue weighted by Gasteiger charge is 2.34. The van der Waals surface area contributed by atoms with Crippen LogP contribution in [0.4, 0.5) is 5.69 Å². The third-order valence-electron chi connectivity index (χ3n) is 4.55. The van der Waals surface area contributed by atoms with Crippen LogP contribution in [0.3, 0.4) is 0 Å². The number of anilines is 1. The van der Waals surface area contributed by atoms with Gasteiger partial charge in [0.2, 0.25) is 0 Å². The van der Waals surface area contributed by atoms with Crippen LogP contribution in [0.25, 0.3) is 0 Å². The summed E-state index contributed by atoms with van der Waals surface area (Å²) in [6, 6.07) is 8.30. The third kappa shape index (κ3) is 3.61. The first-order chi connectivity index (χ1) is 10.3. The molecule has 0 saturated heterocycles. The van der Waals surface area contributed by atoms with Gasteiger partial charge in [-0.1, -0.05) is 49.2 Å². The molecule has 3 rings (SSSR count). The molecule has 1 saturated carbocycles. The molecule has 0 bridgehead atoms. The number of benzene rings is 1. The van der Waals surface area contributed by atoms with Gasteiger partial charge < -0.3 is 10.1 Å². The van der Waals surface area contributed by atoms with Gasteiger partial charge >= 0.3 is 0 Å². The summed E-state index contributed by atoms with van der Waals surface area (Å²) in [7, 11) is 1.73. The van der Waals surface area contributed by atoms with E-state index in [1.54, 1.807) is 7.11 Å². The summed E-state index contributed by atoms with van der Waals surface area (Å²) in [5.41, 5.74) is 2.78. The van der Waals surface area contributed by atoms with E-state index in [2.05, 4.69) is 23.5 Å². The quantitative estimate of drug-likeness (QED) is 0.904. The maximum absolute atomic E-state index is 5.26. The molecular weight excluding hydrogens is 280 g/mol. The highest BCUT2D eigenvalue weighted by Crippen LogP contribution is 2.42. The molecule has 1 aromatic rings. The largest absolute Gasteiger partial charge is 0.380 e. The molecule has 1 fully saturated rings. The van der Waals surface area contributed by atoms with E-state index in [0.29, 0.717) is 12.0 Å². The van der Waals surface area contributed by atoms with E-state index in [1.165, 1.54) is 43.4 Å². The Morgan fingerprint density at radius 3 is 2.76 bits per heavy atom. The number of ether oxygens (including phenoxy) is 1. The number of hydrogen-bond donors (Lipinski definition) is 1. The summed E-state index contributed by atoms with van der Waals surface area (Å²) in [4.78, 5) is 4.83. The molecule has 1 heterocycles. The highest BCUT2D eigenvalue weighted by atomic mass is 32.2. The fraction of sp³-hybridized carbons (Fsp3) is 0.588. The van der Waals surface area contributed by atoms with Gasteiger partial charge in [-0.25, -0.2) is 0 Å². The zero-order valence-corrected chi connectivity index (χ0v) is 13.5. The van der Waals surface area contributed by atoms with Gasteiger partial charge in [-0.05, 0) is 24.3 Å². The van der Waals surface area contributed by atoms with Crippen LogP contribution in [0, 0.1) is 5.41 Å². The molecule has 0 amide bonds. The van der Waals surface area contributed by atoms with Crippen LogP contribution in [0.15, 0.2) is 29.3 Å². The standard InChI is InChI=1S/C17H24N2OS/c1-20-11-14-7-3-4-8-15(14)19-16-18-12-17(13-21-16)9-5-2-6-10-17/h3-4,7-8H,2,5-6,9-13H2,1H3,(H,18,19). The molecule has 4 heteroatoms. The molecule has 1 aliphatic heterocycles. The summed E-state index contributed by atoms with van der Waals surface area (Å²) in [6.45, 7) is 1.62. The van der Waals surface area contributed by atoms with Crippen LogP contribution >= 0.6 is 11.8 Å². The van der Waals surface area contributed by atoms with Gasteiger partial charge in [0.1, 0.15) is 0 Å². The Morgan fingerprint density at radius 1 is 1.24 bits per heavy atom. The van der Waals surface area contributed by atoms with Gasteiger partial charge in [0.05, 0.1) is 6.61 Å². The molecule has 21 heavy (non-hydrogen) atoms. The van der Waals surface area contributed by atoms with Crippen molar-refractivity contribution in [3.63, 3.8) is 0 Å². The minimum Gasteiger partial charge on any atom is -0.380 e. The van der Waals surface area contributed by atoms with Crippen LogP contribution in [0.1, 0.15) is 37.7 Å². The normalized spacial score (nSPS) is 21.1. The molecule has 1 N–H and O–H groups in total. The SMILES string of the molecule is COCc1ccccc1NC1=NCC2(CCCCC2)CS1. The molecular formula is C17H24N2OS. The predicted molar refractivity (Wildman–Crippen MR) is 91.1 cm³/mol. The van der Waals surface area contributed by atoms with E-state index in [-0.39, 0.29) is 0 Å². The van der Waals surface area contributed by atoms with Crippen LogP contribution in [-0.4, -0.2) is 24.6 Å². The lowest BCUT2D eigenvalue weighted by Crippen LogP contribution is -2.35. The first-order valence-electron chi connectivity index (χ1n) is 7.82. The summed E-state index contributed by atoms with van der Waals surface area (Å²) in [5.74, 6) is 1.21. The minimum absolute atomic E-state index is 0.486. The van der Waals surface area contributed by atoms with Gasteiger partial charge in [0.25, 0.3) is 0 Å². The van der Waals surface area contributed by atoms with Crippen molar-refractivity contribution in [2.75, 3.05) is 24.7 Å². The molecule has 0 unspecified atom stereocenters. The smallest absolute Gasteiger partial charge is 0.161 e. The molecule has 0 atom stereocenters. The molecule has 1 aromatic carbocycles. The second kappa shape index (κ2) is 6.84. The lowest BCUT2D eigenvalue weighted by Gasteiger charge is -2.38. The molecule has 1 spiro atoms. The van der Waals surface area contributed by atoms with E-state index >= 15 is 0 Å². The first kappa shape index (κ1) is 14.9. The van der Waals surface area contributed by atoms with E-state index in [1.807, 2.05) is 17.8 Å². The number of methoxy groups -OCH3 is 1. The van der Waals surface area contributed by atoms with Crippen molar-refractivity contribution in [1.29, 1.82) is 0 Å². The Labute approximate surface area is 131 Å². The van der Waals surface area contributed by atoms with Crippen LogP contribution < -0.4 is 5.32 Å². The van der Waals surface area contributed by atoms with E-state index in [9.17, 15) is 0 Å². The van der Waals surface area contributed by atoms with Crippen LogP contribution in [-0.2, 0) is 11.3 Å². The number of aliphatic imine (C=N–C) groups is 1. The van der Waals surface area contributed by atoms with E-state index in [4.69, 9.17) is 9.73 Å². The summed E-state index contributed by atoms with van der Waals surface area (Å²) in [6.07, 6.45) is 6.89. The molecule has 2 aliphatic rings. The molecule has 0 aromatic heterocycles. The van der Waals surface area contributed by atoms with Gasteiger partial charge in [-0.3, -0.25) is 4.99 Å². The summed E-state index contributed by atoms with van der Waals surface area (Å²) < 4.78 is 5.26. The van der Waals surface area contributed by atoms with Gasteiger partial charge in [-0.15, -0.1) is 0 Å². The topological polar surface area (TPSA) is 33.6 Å². The maximum Gasteiger partial charge on any atom is 0.161 e. The Morgan fingerprint density at radius 2 is 2.05 bits per heavy atom. The summed E-state index contributed by atoms with van der Waals surface area (Å²) >= 11 is 1.89. The zero-order valence-electron chi connectivity index (χ0n) is 12.7. The van der Waals surface area contributed by atoms with E-state index in [0.717, 1.165) is 17.4 Å².